The molecular formula is C22H18F3N5O2. The number of hydrogen-bond acceptors (Lipinski definition) is 4. The quantitative estimate of drug-likeness (QED) is 0.499. The van der Waals surface area contributed by atoms with Crippen molar-refractivity contribution in [3.05, 3.63) is 94.2 Å². The zero-order chi connectivity index (χ0) is 22.7. The Labute approximate surface area is 180 Å². The number of nitrogens with zero attached hydrogens (tertiary/aromatic N) is 4. The first-order valence-corrected chi connectivity index (χ1v) is 9.73. The van der Waals surface area contributed by atoms with E-state index in [1.807, 2.05) is 30.3 Å². The van der Waals surface area contributed by atoms with Crippen LogP contribution in [0, 0.1) is 0 Å². The number of nitrogens with one attached hydrogen (secondary N) is 1. The van der Waals surface area contributed by atoms with E-state index in [0.29, 0.717) is 17.6 Å². The zero-order valence-electron chi connectivity index (χ0n) is 16.7. The maximum atomic E-state index is 12.7. The highest BCUT2D eigenvalue weighted by Gasteiger charge is 2.30. The first-order valence-electron chi connectivity index (χ1n) is 9.73. The van der Waals surface area contributed by atoms with E-state index in [1.165, 1.54) is 21.8 Å². The van der Waals surface area contributed by atoms with Crippen molar-refractivity contribution in [3.8, 4) is 0 Å². The minimum Gasteiger partial charge on any atom is -0.350 e. The number of aromatic nitrogens is 4. The van der Waals surface area contributed by atoms with E-state index < -0.39 is 17.6 Å². The Hall–Kier alpha value is -3.95. The van der Waals surface area contributed by atoms with Crippen molar-refractivity contribution < 1.29 is 18.0 Å². The van der Waals surface area contributed by atoms with Crippen molar-refractivity contribution in [3.63, 3.8) is 0 Å². The van der Waals surface area contributed by atoms with Crippen LogP contribution in [0.4, 0.5) is 13.2 Å². The maximum Gasteiger partial charge on any atom is 0.416 e. The summed E-state index contributed by atoms with van der Waals surface area (Å²) in [6.07, 6.45) is -1.57. The van der Waals surface area contributed by atoms with Gasteiger partial charge in [-0.25, -0.2) is 9.67 Å². The molecule has 2 aromatic carbocycles. The van der Waals surface area contributed by atoms with Gasteiger partial charge in [-0.2, -0.15) is 18.3 Å². The van der Waals surface area contributed by atoms with Gasteiger partial charge in [-0.15, -0.1) is 0 Å². The lowest BCUT2D eigenvalue weighted by Gasteiger charge is -2.09. The molecule has 0 aliphatic carbocycles. The predicted molar refractivity (Wildman–Crippen MR) is 111 cm³/mol. The summed E-state index contributed by atoms with van der Waals surface area (Å²) in [5.74, 6) is -0.506. The lowest BCUT2D eigenvalue weighted by atomic mass is 10.1. The number of carbonyl (C=O) groups excluding carboxylic acids is 1. The van der Waals surface area contributed by atoms with Gasteiger partial charge in [0.15, 0.2) is 5.65 Å². The summed E-state index contributed by atoms with van der Waals surface area (Å²) < 4.78 is 40.9. The number of fused-ring (bicyclic) bond motifs is 1. The SMILES string of the molecule is O=C(NCCn1ncc2c(=O)n(Cc3ccccc3)cnc21)c1ccc(C(F)(F)F)cc1. The smallest absolute Gasteiger partial charge is 0.350 e. The summed E-state index contributed by atoms with van der Waals surface area (Å²) in [6.45, 7) is 0.785. The van der Waals surface area contributed by atoms with E-state index in [9.17, 15) is 22.8 Å². The molecule has 0 saturated heterocycles. The van der Waals surface area contributed by atoms with Crippen LogP contribution in [0.3, 0.4) is 0 Å². The molecule has 0 aliphatic rings. The first kappa shape index (κ1) is 21.3. The Morgan fingerprint density at radius 2 is 1.75 bits per heavy atom. The molecule has 0 radical (unpaired) electrons. The second-order valence-corrected chi connectivity index (χ2v) is 7.10. The molecule has 0 fully saturated rings. The fraction of sp³-hybridized carbons (Fsp3) is 0.182. The van der Waals surface area contributed by atoms with E-state index in [4.69, 9.17) is 0 Å². The zero-order valence-corrected chi connectivity index (χ0v) is 16.7. The van der Waals surface area contributed by atoms with E-state index in [0.717, 1.165) is 29.8 Å². The molecule has 0 atom stereocenters. The van der Waals surface area contributed by atoms with Crippen LogP contribution in [0.1, 0.15) is 21.5 Å². The van der Waals surface area contributed by atoms with E-state index in [1.54, 1.807) is 0 Å². The van der Waals surface area contributed by atoms with Crippen LogP contribution in [0.2, 0.25) is 0 Å². The monoisotopic (exact) mass is 441 g/mol. The first-order chi connectivity index (χ1) is 15.3. The molecule has 1 N–H and O–H groups in total. The summed E-state index contributed by atoms with van der Waals surface area (Å²) in [5.41, 5.74) is 0.433. The van der Waals surface area contributed by atoms with Crippen molar-refractivity contribution in [2.45, 2.75) is 19.3 Å². The van der Waals surface area contributed by atoms with Gasteiger partial charge in [0.05, 0.1) is 24.8 Å². The van der Waals surface area contributed by atoms with Crippen molar-refractivity contribution in [2.24, 2.45) is 0 Å². The minimum atomic E-state index is -4.46. The third-order valence-corrected chi connectivity index (χ3v) is 4.90. The Balaban J connectivity index is 1.41. The molecule has 0 saturated carbocycles. The highest BCUT2D eigenvalue weighted by atomic mass is 19.4. The molecule has 32 heavy (non-hydrogen) atoms. The molecule has 2 heterocycles. The van der Waals surface area contributed by atoms with Gasteiger partial charge < -0.3 is 5.32 Å². The van der Waals surface area contributed by atoms with Gasteiger partial charge in [-0.1, -0.05) is 30.3 Å². The second kappa shape index (κ2) is 8.66. The van der Waals surface area contributed by atoms with Crippen molar-refractivity contribution in [1.82, 2.24) is 24.6 Å². The van der Waals surface area contributed by atoms with Crippen LogP contribution in [0.5, 0.6) is 0 Å². The van der Waals surface area contributed by atoms with Gasteiger partial charge in [0.1, 0.15) is 11.7 Å². The van der Waals surface area contributed by atoms with Gasteiger partial charge in [0.25, 0.3) is 11.5 Å². The molecule has 7 nitrogen and oxygen atoms in total. The van der Waals surface area contributed by atoms with Crippen LogP contribution in [0.15, 0.2) is 71.9 Å². The highest BCUT2D eigenvalue weighted by Crippen LogP contribution is 2.29. The Morgan fingerprint density at radius 1 is 1.03 bits per heavy atom. The Kier molecular flexibility index (Phi) is 5.76. The minimum absolute atomic E-state index is 0.116. The Bertz CT molecular complexity index is 1300. The number of rotatable bonds is 6. The molecule has 1 amide bonds. The molecule has 0 unspecified atom stereocenters. The van der Waals surface area contributed by atoms with Gasteiger partial charge >= 0.3 is 6.18 Å². The van der Waals surface area contributed by atoms with E-state index >= 15 is 0 Å². The van der Waals surface area contributed by atoms with Gasteiger partial charge in [0, 0.05) is 12.1 Å². The summed E-state index contributed by atoms with van der Waals surface area (Å²) in [4.78, 5) is 29.2. The van der Waals surface area contributed by atoms with Gasteiger partial charge in [-0.05, 0) is 29.8 Å². The standard InChI is InChI=1S/C22H18F3N5O2/c23-22(24,25)17-8-6-16(7-9-17)20(31)26-10-11-30-19-18(12-28-30)21(32)29(14-27-19)13-15-4-2-1-3-5-15/h1-9,12,14H,10-11,13H2,(H,26,31). The maximum absolute atomic E-state index is 12.7. The third kappa shape index (κ3) is 4.53. The lowest BCUT2D eigenvalue weighted by Crippen LogP contribution is -2.28. The molecule has 0 spiro atoms. The molecule has 0 bridgehead atoms. The average Bonchev–Trinajstić information content (AvgIpc) is 3.19. The van der Waals surface area contributed by atoms with Crippen LogP contribution < -0.4 is 10.9 Å². The van der Waals surface area contributed by atoms with Crippen LogP contribution in [-0.4, -0.2) is 31.8 Å². The number of halogens is 3. The number of benzene rings is 2. The lowest BCUT2D eigenvalue weighted by molar-refractivity contribution is -0.137. The topological polar surface area (TPSA) is 81.8 Å². The normalized spacial score (nSPS) is 11.6. The average molecular weight is 441 g/mol. The molecule has 10 heteroatoms. The fourth-order valence-electron chi connectivity index (χ4n) is 3.24. The van der Waals surface area contributed by atoms with E-state index in [-0.39, 0.29) is 24.2 Å². The molecule has 0 aliphatic heterocycles. The summed E-state index contributed by atoms with van der Waals surface area (Å²) in [7, 11) is 0. The number of hydrogen-bond donors (Lipinski definition) is 1. The van der Waals surface area contributed by atoms with Crippen LogP contribution in [-0.2, 0) is 19.3 Å². The molecule has 4 rings (SSSR count). The van der Waals surface area contributed by atoms with Crippen LogP contribution >= 0.6 is 0 Å². The molecule has 4 aromatic rings. The third-order valence-electron chi connectivity index (χ3n) is 4.90. The number of amides is 1. The van der Waals surface area contributed by atoms with Crippen LogP contribution in [0.25, 0.3) is 11.0 Å². The summed E-state index contributed by atoms with van der Waals surface area (Å²) in [6, 6.07) is 13.5. The van der Waals surface area contributed by atoms with Crippen molar-refractivity contribution in [2.75, 3.05) is 6.54 Å². The highest BCUT2D eigenvalue weighted by molar-refractivity contribution is 5.94. The summed E-state index contributed by atoms with van der Waals surface area (Å²) >= 11 is 0. The second-order valence-electron chi connectivity index (χ2n) is 7.10. The number of carbonyl (C=O) groups is 1. The largest absolute Gasteiger partial charge is 0.416 e. The van der Waals surface area contributed by atoms with Gasteiger partial charge in [-0.3, -0.25) is 14.2 Å². The van der Waals surface area contributed by atoms with Crippen molar-refractivity contribution >= 4 is 16.9 Å². The fourth-order valence-corrected chi connectivity index (χ4v) is 3.24. The van der Waals surface area contributed by atoms with Crippen molar-refractivity contribution in [1.29, 1.82) is 0 Å². The molecule has 2 aromatic heterocycles. The number of alkyl halides is 3. The predicted octanol–water partition coefficient (Wildman–Crippen LogP) is 3.09. The molecule has 164 valence electrons. The summed E-state index contributed by atoms with van der Waals surface area (Å²) in [5, 5.41) is 7.16. The Morgan fingerprint density at radius 3 is 2.44 bits per heavy atom. The van der Waals surface area contributed by atoms with E-state index in [2.05, 4.69) is 15.4 Å². The molecular weight excluding hydrogens is 423 g/mol. The van der Waals surface area contributed by atoms with Gasteiger partial charge in [0.2, 0.25) is 0 Å².